The number of ether oxygens (including phenoxy) is 1. The predicted molar refractivity (Wildman–Crippen MR) is 201 cm³/mol. The Morgan fingerprint density at radius 3 is 2.35 bits per heavy atom. The molecule has 5 heterocycles. The third kappa shape index (κ3) is 8.27. The average Bonchev–Trinajstić information content (AvgIpc) is 3.22. The first-order valence-electron chi connectivity index (χ1n) is 17.7. The zero-order valence-corrected chi connectivity index (χ0v) is 30.9. The fourth-order valence-electron chi connectivity index (χ4n) is 6.36. The van der Waals surface area contributed by atoms with Crippen molar-refractivity contribution in [1.29, 1.82) is 0 Å². The van der Waals surface area contributed by atoms with Crippen molar-refractivity contribution in [2.24, 2.45) is 7.05 Å². The van der Waals surface area contributed by atoms with Gasteiger partial charge in [-0.05, 0) is 74.2 Å². The number of amides is 1. The van der Waals surface area contributed by atoms with E-state index in [-0.39, 0.29) is 23.3 Å². The number of nitrogens with zero attached hydrogens (tertiary/aromatic N) is 7. The Labute approximate surface area is 322 Å². The maximum absolute atomic E-state index is 15.5. The molecule has 1 amide bonds. The number of benzene rings is 1. The fourth-order valence-corrected chi connectivity index (χ4v) is 7.35. The number of anilines is 1. The standard InChI is InChI=1S/C38H33F2N9O7S/c1-48-31-9-5-14-41-33(31)36(51)49(38(48)53)24-12-11-23(44-21-24)17-30(37(52)56-25-7-3-2-4-8-25)46-35(50)26-18-28(40)29(19-27(26)39)47-57(54,55)32-13-10-22(20-45-32)34-42-15-6-16-43-34/h5-6,9-16,18-21,25,30,47H,2-4,7-8,17H2,1H3,(H,46,50)/t30-/m0/s1. The van der Waals surface area contributed by atoms with Crippen LogP contribution in [0.5, 0.6) is 0 Å². The molecule has 1 aromatic carbocycles. The lowest BCUT2D eigenvalue weighted by molar-refractivity contribution is -0.152. The summed E-state index contributed by atoms with van der Waals surface area (Å²) in [6.45, 7) is 0. The zero-order chi connectivity index (χ0) is 40.3. The molecule has 5 aromatic heterocycles. The molecular weight excluding hydrogens is 765 g/mol. The Bertz CT molecular complexity index is 2710. The van der Waals surface area contributed by atoms with Gasteiger partial charge in [-0.1, -0.05) is 6.42 Å². The number of aromatic nitrogens is 7. The van der Waals surface area contributed by atoms with Crippen molar-refractivity contribution >= 4 is 38.6 Å². The number of halogens is 2. The highest BCUT2D eigenvalue weighted by Gasteiger charge is 2.29. The van der Waals surface area contributed by atoms with Crippen LogP contribution in [0, 0.1) is 11.6 Å². The van der Waals surface area contributed by atoms with Gasteiger partial charge < -0.3 is 10.1 Å². The van der Waals surface area contributed by atoms with Crippen molar-refractivity contribution in [2.45, 2.75) is 55.7 Å². The number of carbonyl (C=O) groups is 2. The van der Waals surface area contributed by atoms with E-state index in [1.54, 1.807) is 18.2 Å². The Hall–Kier alpha value is -6.76. The van der Waals surface area contributed by atoms with Crippen molar-refractivity contribution in [1.82, 2.24) is 39.4 Å². The van der Waals surface area contributed by atoms with Gasteiger partial charge in [-0.2, -0.15) is 8.42 Å². The minimum Gasteiger partial charge on any atom is -0.461 e. The number of hydrogen-bond donors (Lipinski definition) is 2. The summed E-state index contributed by atoms with van der Waals surface area (Å²) in [5, 5.41) is 1.90. The van der Waals surface area contributed by atoms with E-state index in [1.165, 1.54) is 60.8 Å². The van der Waals surface area contributed by atoms with Crippen LogP contribution in [0.4, 0.5) is 14.5 Å². The molecule has 0 bridgehead atoms. The Balaban J connectivity index is 1.11. The summed E-state index contributed by atoms with van der Waals surface area (Å²) in [5.41, 5.74) is -1.76. The second-order valence-electron chi connectivity index (χ2n) is 13.2. The number of fused-ring (bicyclic) bond motifs is 1. The molecule has 1 aliphatic rings. The topological polar surface area (TPSA) is 210 Å². The minimum absolute atomic E-state index is 0.0627. The molecule has 0 saturated heterocycles. The summed E-state index contributed by atoms with van der Waals surface area (Å²) in [5.74, 6) is -4.32. The van der Waals surface area contributed by atoms with Crippen LogP contribution in [0.15, 0.2) is 100 Å². The van der Waals surface area contributed by atoms with Crippen molar-refractivity contribution < 1.29 is 31.5 Å². The number of esters is 1. The number of nitrogens with one attached hydrogen (secondary N) is 2. The normalized spacial score (nSPS) is 13.9. The first-order valence-corrected chi connectivity index (χ1v) is 19.2. The summed E-state index contributed by atoms with van der Waals surface area (Å²) in [6.07, 6.45) is 10.1. The van der Waals surface area contributed by atoms with Crippen LogP contribution in [0.3, 0.4) is 0 Å². The quantitative estimate of drug-likeness (QED) is 0.180. The van der Waals surface area contributed by atoms with E-state index >= 15 is 8.78 Å². The van der Waals surface area contributed by atoms with Crippen molar-refractivity contribution in [2.75, 3.05) is 4.72 Å². The predicted octanol–water partition coefficient (Wildman–Crippen LogP) is 3.63. The molecule has 57 heavy (non-hydrogen) atoms. The van der Waals surface area contributed by atoms with Crippen LogP contribution in [0.25, 0.3) is 28.1 Å². The number of hydrogen-bond acceptors (Lipinski definition) is 12. The molecule has 0 spiro atoms. The van der Waals surface area contributed by atoms with Crippen LogP contribution in [0.1, 0.15) is 48.2 Å². The maximum atomic E-state index is 15.5. The fraction of sp³-hybridized carbons (Fsp3) is 0.237. The van der Waals surface area contributed by atoms with E-state index < -0.39 is 73.2 Å². The molecule has 7 rings (SSSR count). The van der Waals surface area contributed by atoms with Crippen LogP contribution in [0.2, 0.25) is 0 Å². The molecule has 0 radical (unpaired) electrons. The highest BCUT2D eigenvalue weighted by atomic mass is 32.2. The molecule has 1 fully saturated rings. The first kappa shape index (κ1) is 38.5. The van der Waals surface area contributed by atoms with Crippen LogP contribution in [-0.2, 0) is 33.0 Å². The molecule has 19 heteroatoms. The Morgan fingerprint density at radius 2 is 1.65 bits per heavy atom. The summed E-state index contributed by atoms with van der Waals surface area (Å²) in [4.78, 5) is 73.7. The average molecular weight is 798 g/mol. The highest BCUT2D eigenvalue weighted by molar-refractivity contribution is 7.92. The third-order valence-corrected chi connectivity index (χ3v) is 10.6. The van der Waals surface area contributed by atoms with E-state index in [9.17, 15) is 27.6 Å². The lowest BCUT2D eigenvalue weighted by atomic mass is 9.97. The Morgan fingerprint density at radius 1 is 0.895 bits per heavy atom. The van der Waals surface area contributed by atoms with E-state index in [2.05, 4.69) is 30.2 Å². The van der Waals surface area contributed by atoms with Gasteiger partial charge in [0.2, 0.25) is 0 Å². The summed E-state index contributed by atoms with van der Waals surface area (Å²) in [6, 6.07) is 9.77. The Kier molecular flexibility index (Phi) is 10.9. The van der Waals surface area contributed by atoms with Gasteiger partial charge in [-0.3, -0.25) is 23.9 Å². The summed E-state index contributed by atoms with van der Waals surface area (Å²) < 4.78 is 66.7. The number of rotatable bonds is 11. The highest BCUT2D eigenvalue weighted by Crippen LogP contribution is 2.25. The molecule has 1 aliphatic carbocycles. The van der Waals surface area contributed by atoms with Crippen LogP contribution >= 0.6 is 0 Å². The molecule has 2 N–H and O–H groups in total. The van der Waals surface area contributed by atoms with E-state index in [1.807, 2.05) is 4.72 Å². The van der Waals surface area contributed by atoms with Gasteiger partial charge in [0.1, 0.15) is 23.8 Å². The molecule has 16 nitrogen and oxygen atoms in total. The number of sulfonamides is 1. The van der Waals surface area contributed by atoms with Crippen LogP contribution < -0.4 is 21.3 Å². The molecule has 1 atom stereocenters. The molecular formula is C38H33F2N9O7S. The summed E-state index contributed by atoms with van der Waals surface area (Å²) >= 11 is 0. The monoisotopic (exact) mass is 797 g/mol. The van der Waals surface area contributed by atoms with E-state index in [4.69, 9.17) is 4.74 Å². The lowest BCUT2D eigenvalue weighted by Gasteiger charge is -2.25. The smallest absolute Gasteiger partial charge is 0.336 e. The maximum Gasteiger partial charge on any atom is 0.336 e. The van der Waals surface area contributed by atoms with Gasteiger partial charge in [0.25, 0.3) is 21.5 Å². The van der Waals surface area contributed by atoms with Gasteiger partial charge in [0, 0.05) is 55.6 Å². The van der Waals surface area contributed by atoms with E-state index in [0.29, 0.717) is 41.9 Å². The van der Waals surface area contributed by atoms with Crippen molar-refractivity contribution in [3.8, 4) is 17.1 Å². The van der Waals surface area contributed by atoms with Gasteiger partial charge in [0.05, 0.1) is 28.7 Å². The third-order valence-electron chi connectivity index (χ3n) is 9.32. The second-order valence-corrected chi connectivity index (χ2v) is 14.8. The SMILES string of the molecule is Cn1c(=O)n(-c2ccc(C[C@H](NC(=O)c3cc(F)c(NS(=O)(=O)c4ccc(-c5ncccn5)cn4)cc3F)C(=O)OC3CCCCC3)nc2)c(=O)c2ncccc21. The van der Waals surface area contributed by atoms with Gasteiger partial charge in [-0.25, -0.2) is 42.9 Å². The first-order chi connectivity index (χ1) is 27.4. The molecule has 0 aliphatic heterocycles. The molecule has 0 unspecified atom stereocenters. The van der Waals surface area contributed by atoms with Gasteiger partial charge in [-0.15, -0.1) is 0 Å². The minimum atomic E-state index is -4.52. The molecule has 292 valence electrons. The van der Waals surface area contributed by atoms with E-state index in [0.717, 1.165) is 29.9 Å². The largest absolute Gasteiger partial charge is 0.461 e. The van der Waals surface area contributed by atoms with Gasteiger partial charge >= 0.3 is 11.7 Å². The second kappa shape index (κ2) is 16.1. The number of aryl methyl sites for hydroxylation is 1. The van der Waals surface area contributed by atoms with Crippen molar-refractivity contribution in [3.63, 3.8) is 0 Å². The van der Waals surface area contributed by atoms with Crippen LogP contribution in [-0.4, -0.2) is 66.5 Å². The number of carbonyl (C=O) groups excluding carboxylic acids is 2. The molecule has 1 saturated carbocycles. The summed E-state index contributed by atoms with van der Waals surface area (Å²) in [7, 11) is -3.02. The molecule has 6 aromatic rings. The lowest BCUT2D eigenvalue weighted by Crippen LogP contribution is -2.45. The zero-order valence-electron chi connectivity index (χ0n) is 30.1. The number of pyridine rings is 3. The van der Waals surface area contributed by atoms with Crippen molar-refractivity contribution in [3.05, 3.63) is 129 Å². The van der Waals surface area contributed by atoms with Gasteiger partial charge in [0.15, 0.2) is 16.4 Å².